The molecular formula is C13H14N2O2. The van der Waals surface area contributed by atoms with Crippen LogP contribution in [-0.2, 0) is 4.79 Å². The summed E-state index contributed by atoms with van der Waals surface area (Å²) in [5.41, 5.74) is 1.80. The summed E-state index contributed by atoms with van der Waals surface area (Å²) < 4.78 is 5.17. The zero-order chi connectivity index (χ0) is 12.8. The van der Waals surface area contributed by atoms with Crippen LogP contribution in [0.1, 0.15) is 11.1 Å². The molecule has 0 bridgehead atoms. The zero-order valence-electron chi connectivity index (χ0n) is 10.1. The number of nitrogens with zero attached hydrogens (tertiary/aromatic N) is 1. The van der Waals surface area contributed by atoms with E-state index in [1.807, 2.05) is 25.1 Å². The van der Waals surface area contributed by atoms with Crippen molar-refractivity contribution in [3.8, 4) is 11.8 Å². The normalized spacial score (nSPS) is 10.6. The Labute approximate surface area is 101 Å². The van der Waals surface area contributed by atoms with Gasteiger partial charge in [0.1, 0.15) is 17.4 Å². The zero-order valence-corrected chi connectivity index (χ0v) is 10.1. The Kier molecular flexibility index (Phi) is 4.29. The highest BCUT2D eigenvalue weighted by atomic mass is 16.5. The van der Waals surface area contributed by atoms with E-state index in [0.29, 0.717) is 11.3 Å². The number of amides is 1. The Balaban J connectivity index is 3.24. The summed E-state index contributed by atoms with van der Waals surface area (Å²) in [5, 5.41) is 11.3. The van der Waals surface area contributed by atoms with Gasteiger partial charge >= 0.3 is 0 Å². The Morgan fingerprint density at radius 3 is 2.76 bits per heavy atom. The van der Waals surface area contributed by atoms with Gasteiger partial charge in [0.05, 0.1) is 7.11 Å². The van der Waals surface area contributed by atoms with Crippen molar-refractivity contribution in [3.05, 3.63) is 34.9 Å². The summed E-state index contributed by atoms with van der Waals surface area (Å²) in [6, 6.07) is 7.44. The number of likely N-dealkylation sites (N-methyl/N-ethyl adjacent to an activating group) is 1. The van der Waals surface area contributed by atoms with E-state index in [1.54, 1.807) is 13.2 Å². The molecule has 4 heteroatoms. The number of aryl methyl sites for hydroxylation is 1. The summed E-state index contributed by atoms with van der Waals surface area (Å²) in [4.78, 5) is 11.4. The molecule has 0 heterocycles. The van der Waals surface area contributed by atoms with E-state index in [4.69, 9.17) is 10.00 Å². The number of benzene rings is 1. The molecular weight excluding hydrogens is 216 g/mol. The topological polar surface area (TPSA) is 62.1 Å². The quantitative estimate of drug-likeness (QED) is 0.634. The average Bonchev–Trinajstić information content (AvgIpc) is 2.35. The van der Waals surface area contributed by atoms with Gasteiger partial charge in [0.25, 0.3) is 5.91 Å². The van der Waals surface area contributed by atoms with Crippen LogP contribution in [0.3, 0.4) is 0 Å². The van der Waals surface area contributed by atoms with Crippen molar-refractivity contribution < 1.29 is 9.53 Å². The molecule has 0 aromatic heterocycles. The molecule has 4 nitrogen and oxygen atoms in total. The Bertz CT molecular complexity index is 499. The maximum atomic E-state index is 11.4. The van der Waals surface area contributed by atoms with Crippen LogP contribution in [0.15, 0.2) is 23.8 Å². The lowest BCUT2D eigenvalue weighted by molar-refractivity contribution is -0.116. The second-order valence-corrected chi connectivity index (χ2v) is 3.49. The molecule has 0 saturated heterocycles. The number of nitriles is 1. The van der Waals surface area contributed by atoms with Gasteiger partial charge in [-0.2, -0.15) is 5.26 Å². The maximum absolute atomic E-state index is 11.4. The fourth-order valence-electron chi connectivity index (χ4n) is 1.41. The molecule has 1 amide bonds. The lowest BCUT2D eigenvalue weighted by atomic mass is 10.1. The van der Waals surface area contributed by atoms with Gasteiger partial charge in [0, 0.05) is 12.6 Å². The highest BCUT2D eigenvalue weighted by molar-refractivity contribution is 6.01. The van der Waals surface area contributed by atoms with Crippen LogP contribution in [0.5, 0.6) is 5.75 Å². The molecule has 0 saturated carbocycles. The van der Waals surface area contributed by atoms with Gasteiger partial charge in [-0.15, -0.1) is 0 Å². The first kappa shape index (κ1) is 12.8. The van der Waals surface area contributed by atoms with E-state index >= 15 is 0 Å². The fourth-order valence-corrected chi connectivity index (χ4v) is 1.41. The van der Waals surface area contributed by atoms with Crippen LogP contribution in [0.4, 0.5) is 0 Å². The number of carbonyl (C=O) groups is 1. The number of ether oxygens (including phenoxy) is 1. The lowest BCUT2D eigenvalue weighted by Crippen LogP contribution is -2.19. The summed E-state index contributed by atoms with van der Waals surface area (Å²) >= 11 is 0. The molecule has 17 heavy (non-hydrogen) atoms. The van der Waals surface area contributed by atoms with Crippen LogP contribution in [0, 0.1) is 18.3 Å². The minimum absolute atomic E-state index is 0.0522. The number of nitrogens with one attached hydrogen (secondary N) is 1. The molecule has 1 rings (SSSR count). The Morgan fingerprint density at radius 2 is 2.24 bits per heavy atom. The van der Waals surface area contributed by atoms with Gasteiger partial charge < -0.3 is 10.1 Å². The second kappa shape index (κ2) is 5.71. The average molecular weight is 230 g/mol. The van der Waals surface area contributed by atoms with Gasteiger partial charge in [-0.1, -0.05) is 11.6 Å². The number of methoxy groups -OCH3 is 1. The van der Waals surface area contributed by atoms with Crippen LogP contribution in [-0.4, -0.2) is 20.1 Å². The molecule has 0 fully saturated rings. The third kappa shape index (κ3) is 3.08. The van der Waals surface area contributed by atoms with E-state index < -0.39 is 5.91 Å². The predicted octanol–water partition coefficient (Wildman–Crippen LogP) is 1.66. The molecule has 1 aromatic rings. The highest BCUT2D eigenvalue weighted by Gasteiger charge is 2.08. The van der Waals surface area contributed by atoms with E-state index in [-0.39, 0.29) is 5.57 Å². The van der Waals surface area contributed by atoms with E-state index in [2.05, 4.69) is 5.32 Å². The second-order valence-electron chi connectivity index (χ2n) is 3.49. The predicted molar refractivity (Wildman–Crippen MR) is 65.4 cm³/mol. The highest BCUT2D eigenvalue weighted by Crippen LogP contribution is 2.22. The molecule has 88 valence electrons. The van der Waals surface area contributed by atoms with Crippen molar-refractivity contribution in [2.75, 3.05) is 14.2 Å². The minimum Gasteiger partial charge on any atom is -0.496 e. The minimum atomic E-state index is -0.406. The number of carbonyl (C=O) groups excluding carboxylic acids is 1. The van der Waals surface area contributed by atoms with E-state index in [9.17, 15) is 4.79 Å². The first-order chi connectivity index (χ1) is 8.12. The van der Waals surface area contributed by atoms with E-state index in [0.717, 1.165) is 5.56 Å². The fraction of sp³-hybridized carbons (Fsp3) is 0.231. The number of rotatable bonds is 3. The Hall–Kier alpha value is -2.28. The van der Waals surface area contributed by atoms with Gasteiger partial charge in [-0.05, 0) is 25.1 Å². The van der Waals surface area contributed by atoms with Crippen molar-refractivity contribution in [1.29, 1.82) is 5.26 Å². The summed E-state index contributed by atoms with van der Waals surface area (Å²) in [7, 11) is 3.04. The molecule has 1 N–H and O–H groups in total. The summed E-state index contributed by atoms with van der Waals surface area (Å²) in [6.45, 7) is 1.93. The molecule has 0 aliphatic carbocycles. The van der Waals surface area contributed by atoms with Crippen molar-refractivity contribution in [2.24, 2.45) is 0 Å². The lowest BCUT2D eigenvalue weighted by Gasteiger charge is -2.06. The van der Waals surface area contributed by atoms with Gasteiger partial charge in [-0.3, -0.25) is 4.79 Å². The number of hydrogen-bond donors (Lipinski definition) is 1. The molecule has 1 aromatic carbocycles. The first-order valence-electron chi connectivity index (χ1n) is 5.11. The van der Waals surface area contributed by atoms with Gasteiger partial charge in [0.2, 0.25) is 0 Å². The van der Waals surface area contributed by atoms with Crippen molar-refractivity contribution in [2.45, 2.75) is 6.92 Å². The monoisotopic (exact) mass is 230 g/mol. The standard InChI is InChI=1S/C13H14N2O2/c1-9-4-5-12(17-3)10(6-9)7-11(8-14)13(16)15-2/h4-7H,1-3H3,(H,15,16)/b11-7+. The molecule has 0 radical (unpaired) electrons. The summed E-state index contributed by atoms with van der Waals surface area (Å²) in [6.07, 6.45) is 1.52. The van der Waals surface area contributed by atoms with Gasteiger partial charge in [-0.25, -0.2) is 0 Å². The van der Waals surface area contributed by atoms with Crippen molar-refractivity contribution in [1.82, 2.24) is 5.32 Å². The molecule has 0 atom stereocenters. The maximum Gasteiger partial charge on any atom is 0.261 e. The third-order valence-electron chi connectivity index (χ3n) is 2.28. The third-order valence-corrected chi connectivity index (χ3v) is 2.28. The first-order valence-corrected chi connectivity index (χ1v) is 5.11. The Morgan fingerprint density at radius 1 is 1.53 bits per heavy atom. The summed E-state index contributed by atoms with van der Waals surface area (Å²) in [5.74, 6) is 0.225. The molecule has 0 spiro atoms. The van der Waals surface area contributed by atoms with Crippen LogP contribution in [0.2, 0.25) is 0 Å². The van der Waals surface area contributed by atoms with Crippen LogP contribution in [0.25, 0.3) is 6.08 Å². The molecule has 0 unspecified atom stereocenters. The molecule has 0 aliphatic rings. The SMILES string of the molecule is CNC(=O)/C(C#N)=C/c1cc(C)ccc1OC. The van der Waals surface area contributed by atoms with E-state index in [1.165, 1.54) is 13.1 Å². The van der Waals surface area contributed by atoms with Crippen LogP contribution >= 0.6 is 0 Å². The van der Waals surface area contributed by atoms with Crippen molar-refractivity contribution in [3.63, 3.8) is 0 Å². The largest absolute Gasteiger partial charge is 0.496 e. The smallest absolute Gasteiger partial charge is 0.261 e. The van der Waals surface area contributed by atoms with Crippen molar-refractivity contribution >= 4 is 12.0 Å². The van der Waals surface area contributed by atoms with Gasteiger partial charge in [0.15, 0.2) is 0 Å². The van der Waals surface area contributed by atoms with Crippen LogP contribution < -0.4 is 10.1 Å². The number of hydrogen-bond acceptors (Lipinski definition) is 3. The molecule has 0 aliphatic heterocycles.